The zero-order valence-corrected chi connectivity index (χ0v) is 13.8. The first-order chi connectivity index (χ1) is 11.4. The lowest BCUT2D eigenvalue weighted by molar-refractivity contribution is -0.141. The average molecular weight is 330 g/mol. The van der Waals surface area contributed by atoms with Crippen molar-refractivity contribution in [1.29, 1.82) is 0 Å². The minimum atomic E-state index is -1.08. The van der Waals surface area contributed by atoms with E-state index in [1.54, 1.807) is 13.1 Å². The van der Waals surface area contributed by atoms with Crippen LogP contribution in [0.5, 0.6) is 0 Å². The highest BCUT2D eigenvalue weighted by molar-refractivity contribution is 5.87. The third kappa shape index (κ3) is 4.44. The van der Waals surface area contributed by atoms with E-state index in [9.17, 15) is 19.5 Å². The molecule has 0 bridgehead atoms. The summed E-state index contributed by atoms with van der Waals surface area (Å²) >= 11 is 0. The van der Waals surface area contributed by atoms with E-state index in [-0.39, 0.29) is 30.4 Å². The van der Waals surface area contributed by atoms with Crippen molar-refractivity contribution in [2.24, 2.45) is 5.92 Å². The van der Waals surface area contributed by atoms with Crippen LogP contribution in [0.2, 0.25) is 0 Å². The number of ketones is 1. The van der Waals surface area contributed by atoms with Crippen LogP contribution < -0.4 is 5.32 Å². The molecule has 128 valence electrons. The Morgan fingerprint density at radius 3 is 2.62 bits per heavy atom. The average Bonchev–Trinajstić information content (AvgIpc) is 2.95. The van der Waals surface area contributed by atoms with Crippen molar-refractivity contribution < 1.29 is 19.5 Å². The molecule has 0 spiro atoms. The molecule has 0 aliphatic rings. The molecule has 6 heteroatoms. The number of para-hydroxylation sites is 1. The summed E-state index contributed by atoms with van der Waals surface area (Å²) in [5, 5.41) is 12.9. The van der Waals surface area contributed by atoms with Crippen LogP contribution in [-0.2, 0) is 20.8 Å². The van der Waals surface area contributed by atoms with Crippen LogP contribution in [0.1, 0.15) is 32.3 Å². The van der Waals surface area contributed by atoms with E-state index in [4.69, 9.17) is 0 Å². The van der Waals surface area contributed by atoms with Gasteiger partial charge in [0.15, 0.2) is 0 Å². The molecule has 24 heavy (non-hydrogen) atoms. The molecular weight excluding hydrogens is 308 g/mol. The van der Waals surface area contributed by atoms with Gasteiger partial charge in [0.1, 0.15) is 11.8 Å². The first-order valence-corrected chi connectivity index (χ1v) is 7.96. The number of H-pyrrole nitrogens is 1. The lowest BCUT2D eigenvalue weighted by Gasteiger charge is -2.15. The van der Waals surface area contributed by atoms with Gasteiger partial charge in [-0.15, -0.1) is 0 Å². The summed E-state index contributed by atoms with van der Waals surface area (Å²) in [7, 11) is 0. The van der Waals surface area contributed by atoms with Gasteiger partial charge in [-0.1, -0.05) is 25.1 Å². The molecule has 2 rings (SSSR count). The highest BCUT2D eigenvalue weighted by Gasteiger charge is 2.22. The predicted molar refractivity (Wildman–Crippen MR) is 90.6 cm³/mol. The SMILES string of the molecule is CC(=O)[C@H](C)CCC(=O)N[C@H](Cc1c[nH]c2ccccc12)C(=O)O. The molecule has 0 aliphatic heterocycles. The Kier molecular flexibility index (Phi) is 5.73. The number of carboxylic acids is 1. The molecule has 0 aliphatic carbocycles. The number of fused-ring (bicyclic) bond motifs is 1. The van der Waals surface area contributed by atoms with E-state index in [0.29, 0.717) is 6.42 Å². The van der Waals surface area contributed by atoms with Gasteiger partial charge in [0.2, 0.25) is 5.91 Å². The zero-order valence-electron chi connectivity index (χ0n) is 13.8. The van der Waals surface area contributed by atoms with Gasteiger partial charge >= 0.3 is 5.97 Å². The van der Waals surface area contributed by atoms with E-state index in [1.165, 1.54) is 6.92 Å². The number of aliphatic carboxylic acids is 1. The minimum Gasteiger partial charge on any atom is -0.480 e. The summed E-state index contributed by atoms with van der Waals surface area (Å²) in [5.74, 6) is -1.60. The van der Waals surface area contributed by atoms with Gasteiger partial charge in [0.25, 0.3) is 0 Å². The summed E-state index contributed by atoms with van der Waals surface area (Å²) < 4.78 is 0. The number of Topliss-reactive ketones (excluding diaryl/α,β-unsaturated/α-hetero) is 1. The molecule has 1 heterocycles. The Morgan fingerprint density at radius 1 is 1.25 bits per heavy atom. The Hall–Kier alpha value is -2.63. The maximum absolute atomic E-state index is 12.0. The number of carbonyl (C=O) groups is 3. The number of carboxylic acid groups (broad SMARTS) is 1. The number of aromatic amines is 1. The summed E-state index contributed by atoms with van der Waals surface area (Å²) in [6, 6.07) is 6.61. The van der Waals surface area contributed by atoms with Crippen molar-refractivity contribution >= 4 is 28.6 Å². The molecule has 0 unspecified atom stereocenters. The zero-order chi connectivity index (χ0) is 17.7. The van der Waals surface area contributed by atoms with Crippen molar-refractivity contribution in [3.63, 3.8) is 0 Å². The van der Waals surface area contributed by atoms with E-state index in [0.717, 1.165) is 16.5 Å². The number of amides is 1. The van der Waals surface area contributed by atoms with Crippen LogP contribution in [0.25, 0.3) is 10.9 Å². The summed E-state index contributed by atoms with van der Waals surface area (Å²) in [6.45, 7) is 3.25. The molecule has 2 atom stereocenters. The van der Waals surface area contributed by atoms with Crippen molar-refractivity contribution in [3.8, 4) is 0 Å². The molecule has 6 nitrogen and oxygen atoms in total. The van der Waals surface area contributed by atoms with Gasteiger partial charge in [-0.2, -0.15) is 0 Å². The smallest absolute Gasteiger partial charge is 0.326 e. The Balaban J connectivity index is 2.01. The maximum Gasteiger partial charge on any atom is 0.326 e. The number of benzene rings is 1. The lowest BCUT2D eigenvalue weighted by atomic mass is 10.0. The summed E-state index contributed by atoms with van der Waals surface area (Å²) in [6.07, 6.45) is 2.52. The standard InChI is InChI=1S/C18H22N2O4/c1-11(12(2)21)7-8-17(22)20-16(18(23)24)9-13-10-19-15-6-4-3-5-14(13)15/h3-6,10-11,16,19H,7-9H2,1-2H3,(H,20,22)(H,23,24)/t11-,16-/m1/s1. The number of nitrogens with one attached hydrogen (secondary N) is 2. The minimum absolute atomic E-state index is 0.0244. The molecule has 1 aromatic carbocycles. The fourth-order valence-corrected chi connectivity index (χ4v) is 2.54. The first-order valence-electron chi connectivity index (χ1n) is 7.96. The molecule has 0 fully saturated rings. The number of rotatable bonds is 8. The van der Waals surface area contributed by atoms with Crippen molar-refractivity contribution in [3.05, 3.63) is 36.0 Å². The fraction of sp³-hybridized carbons (Fsp3) is 0.389. The Morgan fingerprint density at radius 2 is 1.96 bits per heavy atom. The summed E-state index contributed by atoms with van der Waals surface area (Å²) in [4.78, 5) is 37.7. The molecule has 0 saturated heterocycles. The predicted octanol–water partition coefficient (Wildman–Crippen LogP) is 2.29. The highest BCUT2D eigenvalue weighted by atomic mass is 16.4. The Bertz CT molecular complexity index is 750. The topological polar surface area (TPSA) is 99.3 Å². The maximum atomic E-state index is 12.0. The second kappa shape index (κ2) is 7.77. The van der Waals surface area contributed by atoms with E-state index in [1.807, 2.05) is 24.3 Å². The number of hydrogen-bond acceptors (Lipinski definition) is 3. The van der Waals surface area contributed by atoms with Gasteiger partial charge in [-0.05, 0) is 25.0 Å². The van der Waals surface area contributed by atoms with Gasteiger partial charge < -0.3 is 15.4 Å². The molecule has 0 saturated carbocycles. The first kappa shape index (κ1) is 17.7. The number of aromatic nitrogens is 1. The van der Waals surface area contributed by atoms with Crippen LogP contribution >= 0.6 is 0 Å². The summed E-state index contributed by atoms with van der Waals surface area (Å²) in [5.41, 5.74) is 1.77. The Labute approximate surface area is 140 Å². The van der Waals surface area contributed by atoms with Crippen LogP contribution in [0.4, 0.5) is 0 Å². The molecule has 1 aromatic heterocycles. The van der Waals surface area contributed by atoms with E-state index < -0.39 is 12.0 Å². The van der Waals surface area contributed by atoms with E-state index in [2.05, 4.69) is 10.3 Å². The molecule has 1 amide bonds. The second-order valence-corrected chi connectivity index (χ2v) is 6.07. The van der Waals surface area contributed by atoms with Crippen LogP contribution in [0.3, 0.4) is 0 Å². The van der Waals surface area contributed by atoms with Crippen molar-refractivity contribution in [2.75, 3.05) is 0 Å². The second-order valence-electron chi connectivity index (χ2n) is 6.07. The van der Waals surface area contributed by atoms with E-state index >= 15 is 0 Å². The highest BCUT2D eigenvalue weighted by Crippen LogP contribution is 2.19. The molecule has 3 N–H and O–H groups in total. The third-order valence-electron chi connectivity index (χ3n) is 4.23. The lowest BCUT2D eigenvalue weighted by Crippen LogP contribution is -2.42. The third-order valence-corrected chi connectivity index (χ3v) is 4.23. The molecular formula is C18H22N2O4. The van der Waals surface area contributed by atoms with Crippen molar-refractivity contribution in [1.82, 2.24) is 10.3 Å². The molecule has 0 radical (unpaired) electrons. The largest absolute Gasteiger partial charge is 0.480 e. The normalized spacial score (nSPS) is 13.4. The number of carbonyl (C=O) groups excluding carboxylic acids is 2. The van der Waals surface area contributed by atoms with Crippen molar-refractivity contribution in [2.45, 2.75) is 39.2 Å². The van der Waals surface area contributed by atoms with Crippen LogP contribution in [0.15, 0.2) is 30.5 Å². The van der Waals surface area contributed by atoms with Gasteiger partial charge in [0, 0.05) is 35.9 Å². The van der Waals surface area contributed by atoms with Gasteiger partial charge in [-0.3, -0.25) is 9.59 Å². The van der Waals surface area contributed by atoms with Gasteiger partial charge in [0.05, 0.1) is 0 Å². The quantitative estimate of drug-likeness (QED) is 0.691. The van der Waals surface area contributed by atoms with Crippen LogP contribution in [-0.4, -0.2) is 33.8 Å². The fourth-order valence-electron chi connectivity index (χ4n) is 2.54. The van der Waals surface area contributed by atoms with Crippen LogP contribution in [0, 0.1) is 5.92 Å². The molecule has 2 aromatic rings. The monoisotopic (exact) mass is 330 g/mol. The number of hydrogen-bond donors (Lipinski definition) is 3. The van der Waals surface area contributed by atoms with Gasteiger partial charge in [-0.25, -0.2) is 4.79 Å².